The molecule has 72 valence electrons. The van der Waals surface area contributed by atoms with Gasteiger partial charge in [0.2, 0.25) is 0 Å². The number of aromatic nitrogens is 2. The first-order valence-corrected chi connectivity index (χ1v) is 4.64. The van der Waals surface area contributed by atoms with E-state index in [1.54, 1.807) is 10.8 Å². The van der Waals surface area contributed by atoms with Crippen molar-refractivity contribution in [3.05, 3.63) is 22.9 Å². The molecule has 1 saturated heterocycles. The van der Waals surface area contributed by atoms with Crippen LogP contribution in [0.1, 0.15) is 13.3 Å². The van der Waals surface area contributed by atoms with Gasteiger partial charge in [0.15, 0.2) is 0 Å². The summed E-state index contributed by atoms with van der Waals surface area (Å²) in [5, 5.41) is 3.32. The first-order valence-electron chi connectivity index (χ1n) is 4.64. The molecule has 4 nitrogen and oxygen atoms in total. The topological polar surface area (TPSA) is 49.8 Å². The van der Waals surface area contributed by atoms with Gasteiger partial charge in [0, 0.05) is 25.5 Å². The van der Waals surface area contributed by atoms with Gasteiger partial charge >= 0.3 is 5.69 Å². The standard InChI is InChI=1S/C9H15N3O/c1-9(2-3-10-6-9)7-12-5-4-11-8(12)13/h4-5,10H,2-3,6-7H2,1H3,(H,11,13). The number of rotatable bonds is 2. The third-order valence-electron chi connectivity index (χ3n) is 2.73. The quantitative estimate of drug-likeness (QED) is 0.683. The zero-order chi connectivity index (χ0) is 9.31. The van der Waals surface area contributed by atoms with Crippen molar-refractivity contribution in [3.63, 3.8) is 0 Å². The smallest absolute Gasteiger partial charge is 0.316 e. The molecule has 1 atom stereocenters. The van der Waals surface area contributed by atoms with Crippen molar-refractivity contribution in [1.82, 2.24) is 14.9 Å². The van der Waals surface area contributed by atoms with Crippen LogP contribution < -0.4 is 11.0 Å². The van der Waals surface area contributed by atoms with Crippen molar-refractivity contribution >= 4 is 0 Å². The van der Waals surface area contributed by atoms with Gasteiger partial charge in [0.25, 0.3) is 0 Å². The second-order valence-electron chi connectivity index (χ2n) is 4.13. The van der Waals surface area contributed by atoms with E-state index in [1.165, 1.54) is 0 Å². The zero-order valence-electron chi connectivity index (χ0n) is 7.84. The fourth-order valence-corrected chi connectivity index (χ4v) is 1.89. The highest BCUT2D eigenvalue weighted by atomic mass is 16.1. The molecule has 0 aliphatic carbocycles. The summed E-state index contributed by atoms with van der Waals surface area (Å²) < 4.78 is 1.74. The average Bonchev–Trinajstić information content (AvgIpc) is 2.64. The van der Waals surface area contributed by atoms with Crippen LogP contribution in [-0.4, -0.2) is 22.6 Å². The Balaban J connectivity index is 2.13. The van der Waals surface area contributed by atoms with Crippen LogP contribution in [0.3, 0.4) is 0 Å². The molecule has 13 heavy (non-hydrogen) atoms. The molecule has 2 N–H and O–H groups in total. The lowest BCUT2D eigenvalue weighted by Crippen LogP contribution is -2.30. The molecule has 0 amide bonds. The summed E-state index contributed by atoms with van der Waals surface area (Å²) in [6.07, 6.45) is 4.64. The fourth-order valence-electron chi connectivity index (χ4n) is 1.89. The third kappa shape index (κ3) is 1.67. The molecule has 4 heteroatoms. The summed E-state index contributed by atoms with van der Waals surface area (Å²) in [5.41, 5.74) is 0.236. The third-order valence-corrected chi connectivity index (χ3v) is 2.73. The van der Waals surface area contributed by atoms with Crippen molar-refractivity contribution in [3.8, 4) is 0 Å². The summed E-state index contributed by atoms with van der Waals surface area (Å²) in [6, 6.07) is 0. The van der Waals surface area contributed by atoms with E-state index in [-0.39, 0.29) is 11.1 Å². The van der Waals surface area contributed by atoms with Crippen molar-refractivity contribution in [2.75, 3.05) is 13.1 Å². The van der Waals surface area contributed by atoms with Gasteiger partial charge in [0.1, 0.15) is 0 Å². The van der Waals surface area contributed by atoms with E-state index in [4.69, 9.17) is 0 Å². The summed E-state index contributed by atoms with van der Waals surface area (Å²) in [4.78, 5) is 13.9. The number of imidazole rings is 1. The summed E-state index contributed by atoms with van der Waals surface area (Å²) in [5.74, 6) is 0. The van der Waals surface area contributed by atoms with Crippen LogP contribution in [0, 0.1) is 5.41 Å². The van der Waals surface area contributed by atoms with E-state index in [0.717, 1.165) is 26.1 Å². The van der Waals surface area contributed by atoms with Crippen LogP contribution in [-0.2, 0) is 6.54 Å². The Morgan fingerprint density at radius 1 is 1.69 bits per heavy atom. The minimum Gasteiger partial charge on any atom is -0.316 e. The first-order chi connectivity index (χ1) is 6.20. The molecule has 1 aromatic rings. The average molecular weight is 181 g/mol. The normalized spacial score (nSPS) is 28.1. The van der Waals surface area contributed by atoms with Crippen LogP contribution in [0.15, 0.2) is 17.2 Å². The summed E-state index contributed by atoms with van der Waals surface area (Å²) in [7, 11) is 0. The van der Waals surface area contributed by atoms with Crippen molar-refractivity contribution in [2.24, 2.45) is 5.41 Å². The predicted molar refractivity (Wildman–Crippen MR) is 50.6 cm³/mol. The second kappa shape index (κ2) is 3.03. The lowest BCUT2D eigenvalue weighted by Gasteiger charge is -2.22. The van der Waals surface area contributed by atoms with Gasteiger partial charge in [-0.05, 0) is 18.4 Å². The molecule has 2 heterocycles. The number of hydrogen-bond donors (Lipinski definition) is 2. The van der Waals surface area contributed by atoms with E-state index in [2.05, 4.69) is 17.2 Å². The largest absolute Gasteiger partial charge is 0.325 e. The maximum atomic E-state index is 11.2. The molecule has 0 saturated carbocycles. The van der Waals surface area contributed by atoms with Gasteiger partial charge in [-0.1, -0.05) is 6.92 Å². The van der Waals surface area contributed by atoms with Gasteiger partial charge in [-0.3, -0.25) is 4.57 Å². The monoisotopic (exact) mass is 181 g/mol. The molecule has 1 aliphatic rings. The number of nitrogens with zero attached hydrogens (tertiary/aromatic N) is 1. The summed E-state index contributed by atoms with van der Waals surface area (Å²) >= 11 is 0. The highest BCUT2D eigenvalue weighted by molar-refractivity contribution is 4.87. The molecular formula is C9H15N3O. The minimum absolute atomic E-state index is 0.00637. The number of nitrogens with one attached hydrogen (secondary N) is 2. The zero-order valence-corrected chi connectivity index (χ0v) is 7.84. The van der Waals surface area contributed by atoms with Gasteiger partial charge < -0.3 is 10.3 Å². The number of hydrogen-bond acceptors (Lipinski definition) is 2. The van der Waals surface area contributed by atoms with Crippen LogP contribution >= 0.6 is 0 Å². The predicted octanol–water partition coefficient (Wildman–Crippen LogP) is 0.176. The van der Waals surface area contributed by atoms with Gasteiger partial charge in [-0.15, -0.1) is 0 Å². The Bertz CT molecular complexity index is 333. The molecule has 0 bridgehead atoms. The Kier molecular flexibility index (Phi) is 2.00. The fraction of sp³-hybridized carbons (Fsp3) is 0.667. The Morgan fingerprint density at radius 3 is 3.08 bits per heavy atom. The first kappa shape index (κ1) is 8.56. The van der Waals surface area contributed by atoms with E-state index < -0.39 is 0 Å². The minimum atomic E-state index is -0.00637. The molecule has 0 spiro atoms. The molecule has 1 unspecified atom stereocenters. The van der Waals surface area contributed by atoms with Gasteiger partial charge in [-0.2, -0.15) is 0 Å². The van der Waals surface area contributed by atoms with Crippen LogP contribution in [0.5, 0.6) is 0 Å². The van der Waals surface area contributed by atoms with E-state index in [9.17, 15) is 4.79 Å². The molecule has 0 aromatic carbocycles. The number of aromatic amines is 1. The van der Waals surface area contributed by atoms with Crippen LogP contribution in [0.2, 0.25) is 0 Å². The van der Waals surface area contributed by atoms with Crippen LogP contribution in [0.4, 0.5) is 0 Å². The molecule has 0 radical (unpaired) electrons. The lowest BCUT2D eigenvalue weighted by atomic mass is 9.90. The maximum absolute atomic E-state index is 11.2. The molecule has 2 rings (SSSR count). The molecule has 1 fully saturated rings. The van der Waals surface area contributed by atoms with Gasteiger partial charge in [-0.25, -0.2) is 4.79 Å². The van der Waals surface area contributed by atoms with Crippen LogP contribution in [0.25, 0.3) is 0 Å². The van der Waals surface area contributed by atoms with Crippen molar-refractivity contribution < 1.29 is 0 Å². The van der Waals surface area contributed by atoms with E-state index in [1.807, 2.05) is 6.20 Å². The van der Waals surface area contributed by atoms with E-state index >= 15 is 0 Å². The van der Waals surface area contributed by atoms with Gasteiger partial charge in [0.05, 0.1) is 0 Å². The summed E-state index contributed by atoms with van der Waals surface area (Å²) in [6.45, 7) is 5.09. The lowest BCUT2D eigenvalue weighted by molar-refractivity contribution is 0.301. The Morgan fingerprint density at radius 2 is 2.54 bits per heavy atom. The van der Waals surface area contributed by atoms with E-state index in [0.29, 0.717) is 0 Å². The molecular weight excluding hydrogens is 166 g/mol. The van der Waals surface area contributed by atoms with Crippen molar-refractivity contribution in [1.29, 1.82) is 0 Å². The van der Waals surface area contributed by atoms with Crippen molar-refractivity contribution in [2.45, 2.75) is 19.9 Å². The Hall–Kier alpha value is -1.03. The highest BCUT2D eigenvalue weighted by Crippen LogP contribution is 2.25. The Labute approximate surface area is 77.0 Å². The number of H-pyrrole nitrogens is 1. The highest BCUT2D eigenvalue weighted by Gasteiger charge is 2.29. The molecule has 1 aromatic heterocycles. The maximum Gasteiger partial charge on any atom is 0.325 e. The second-order valence-corrected chi connectivity index (χ2v) is 4.13. The SMILES string of the molecule is CC1(Cn2cc[nH]c2=O)CCNC1. The molecule has 1 aliphatic heterocycles.